The fourth-order valence-corrected chi connectivity index (χ4v) is 8.26. The van der Waals surface area contributed by atoms with Gasteiger partial charge in [0.1, 0.15) is 0 Å². The van der Waals surface area contributed by atoms with Crippen LogP contribution in [-0.4, -0.2) is 39.5 Å². The van der Waals surface area contributed by atoms with Crippen LogP contribution in [0.15, 0.2) is 103 Å². The number of carbonyl (C=O) groups is 4. The smallest absolute Gasteiger partial charge is 0.336 e. The topological polar surface area (TPSA) is 133 Å². The van der Waals surface area contributed by atoms with E-state index in [-0.39, 0.29) is 27.7 Å². The first kappa shape index (κ1) is 40.6. The van der Waals surface area contributed by atoms with Crippen molar-refractivity contribution < 1.29 is 29.4 Å². The molecule has 0 bridgehead atoms. The average Bonchev–Trinajstić information content (AvgIpc) is 3.23. The van der Waals surface area contributed by atoms with Gasteiger partial charge in [0.05, 0.1) is 22.3 Å². The van der Waals surface area contributed by atoms with E-state index in [0.29, 0.717) is 40.1 Å². The highest BCUT2D eigenvalue weighted by Crippen LogP contribution is 2.45. The van der Waals surface area contributed by atoms with Crippen LogP contribution >= 0.6 is 0 Å². The van der Waals surface area contributed by atoms with E-state index in [0.717, 1.165) is 56.6 Å². The molecule has 0 fully saturated rings. The zero-order valence-corrected chi connectivity index (χ0v) is 34.7. The Kier molecular flexibility index (Phi) is 10.8. The molecule has 0 radical (unpaired) electrons. The molecule has 0 heterocycles. The highest BCUT2D eigenvalue weighted by atomic mass is 16.4. The fourth-order valence-electron chi connectivity index (χ4n) is 8.26. The molecule has 0 unspecified atom stereocenters. The molecule has 0 aliphatic heterocycles. The lowest BCUT2D eigenvalue weighted by Crippen LogP contribution is -2.45. The minimum Gasteiger partial charge on any atom is -0.478 e. The van der Waals surface area contributed by atoms with E-state index in [1.54, 1.807) is 24.3 Å². The number of benzene rings is 7. The first-order valence-corrected chi connectivity index (χ1v) is 20.4. The monoisotopic (exact) mass is 786 g/mol. The molecule has 300 valence electrons. The van der Waals surface area contributed by atoms with Crippen molar-refractivity contribution in [2.45, 2.75) is 85.1 Å². The van der Waals surface area contributed by atoms with Gasteiger partial charge in [-0.1, -0.05) is 94.8 Å². The van der Waals surface area contributed by atoms with E-state index >= 15 is 0 Å². The Morgan fingerprint density at radius 1 is 0.525 bits per heavy atom. The summed E-state index contributed by atoms with van der Waals surface area (Å²) in [5, 5.41) is 33.0. The molecule has 0 spiro atoms. The summed E-state index contributed by atoms with van der Waals surface area (Å²) in [6.45, 7) is 14.4. The normalized spacial score (nSPS) is 12.0. The fraction of sp³-hybridized carbons (Fsp3) is 0.255. The zero-order chi connectivity index (χ0) is 42.4. The summed E-state index contributed by atoms with van der Waals surface area (Å²) < 4.78 is 0. The molecule has 0 aliphatic carbocycles. The molecule has 0 atom stereocenters. The Balaban J connectivity index is 1.54. The number of carbonyl (C=O) groups excluding carboxylic acids is 2. The van der Waals surface area contributed by atoms with Crippen LogP contribution in [0.5, 0.6) is 0 Å². The third-order valence-electron chi connectivity index (χ3n) is 12.8. The van der Waals surface area contributed by atoms with Crippen molar-refractivity contribution >= 4 is 72.5 Å². The number of hydrogen-bond acceptors (Lipinski definition) is 4. The van der Waals surface area contributed by atoms with Crippen LogP contribution in [0.25, 0.3) is 54.2 Å². The van der Waals surface area contributed by atoms with Gasteiger partial charge in [-0.2, -0.15) is 0 Å². The third-order valence-corrected chi connectivity index (χ3v) is 12.8. The SMILES string of the molecule is CCC(C)(CC)NC(=O)c1cc2c(-c3c4ccc(C)cc4cc4cc(C(=O)O)c(C(=O)Nc5ccc(C(C)(CC)CC)cc5)cc34)c3ccccc3cc2cc1C(=O)O. The van der Waals surface area contributed by atoms with Gasteiger partial charge in [-0.3, -0.25) is 9.59 Å². The van der Waals surface area contributed by atoms with Gasteiger partial charge in [0, 0.05) is 11.2 Å². The van der Waals surface area contributed by atoms with Gasteiger partial charge < -0.3 is 20.8 Å². The van der Waals surface area contributed by atoms with Gasteiger partial charge in [-0.05, 0) is 153 Å². The number of aryl methyl sites for hydroxylation is 1. The molecule has 0 aliphatic rings. The van der Waals surface area contributed by atoms with E-state index in [1.165, 1.54) is 0 Å². The lowest BCUT2D eigenvalue weighted by molar-refractivity contribution is 0.0682. The zero-order valence-electron chi connectivity index (χ0n) is 34.7. The molecule has 7 aromatic carbocycles. The van der Waals surface area contributed by atoms with Crippen LogP contribution in [0.3, 0.4) is 0 Å². The molecule has 59 heavy (non-hydrogen) atoms. The Bertz CT molecular complexity index is 2850. The summed E-state index contributed by atoms with van der Waals surface area (Å²) in [4.78, 5) is 54.1. The average molecular weight is 787 g/mol. The maximum Gasteiger partial charge on any atom is 0.336 e. The number of carboxylic acid groups (broad SMARTS) is 2. The number of hydrogen-bond donors (Lipinski definition) is 4. The molecule has 8 heteroatoms. The summed E-state index contributed by atoms with van der Waals surface area (Å²) in [5.41, 5.74) is 3.38. The van der Waals surface area contributed by atoms with Gasteiger partial charge in [-0.25, -0.2) is 9.59 Å². The van der Waals surface area contributed by atoms with Crippen LogP contribution in [0.1, 0.15) is 120 Å². The summed E-state index contributed by atoms with van der Waals surface area (Å²) in [5.74, 6) is -3.51. The molecular formula is C51H50N2O6. The first-order valence-electron chi connectivity index (χ1n) is 20.4. The summed E-state index contributed by atoms with van der Waals surface area (Å²) in [6, 6.07) is 31.9. The maximum atomic E-state index is 14.3. The van der Waals surface area contributed by atoms with E-state index in [9.17, 15) is 29.4 Å². The molecule has 2 amide bonds. The van der Waals surface area contributed by atoms with Gasteiger partial charge in [0.15, 0.2) is 0 Å². The minimum absolute atomic E-state index is 0.00772. The van der Waals surface area contributed by atoms with Crippen molar-refractivity contribution in [1.29, 1.82) is 0 Å². The van der Waals surface area contributed by atoms with E-state index in [4.69, 9.17) is 0 Å². The molecule has 7 rings (SSSR count). The van der Waals surface area contributed by atoms with Crippen LogP contribution in [-0.2, 0) is 5.41 Å². The van der Waals surface area contributed by atoms with E-state index < -0.39 is 29.3 Å². The Morgan fingerprint density at radius 2 is 1.03 bits per heavy atom. The number of rotatable bonds is 12. The lowest BCUT2D eigenvalue weighted by atomic mass is 9.78. The molecule has 7 aromatic rings. The van der Waals surface area contributed by atoms with Gasteiger partial charge >= 0.3 is 11.9 Å². The van der Waals surface area contributed by atoms with Crippen LogP contribution in [0.4, 0.5) is 5.69 Å². The number of amides is 2. The molecule has 0 aromatic heterocycles. The molecule has 4 N–H and O–H groups in total. The summed E-state index contributed by atoms with van der Waals surface area (Å²) >= 11 is 0. The van der Waals surface area contributed by atoms with Crippen molar-refractivity contribution in [2.24, 2.45) is 0 Å². The summed E-state index contributed by atoms with van der Waals surface area (Å²) in [7, 11) is 0. The number of nitrogens with one attached hydrogen (secondary N) is 2. The van der Waals surface area contributed by atoms with Crippen molar-refractivity contribution in [3.8, 4) is 11.1 Å². The Labute approximate surface area is 344 Å². The van der Waals surface area contributed by atoms with Crippen LogP contribution in [0, 0.1) is 6.92 Å². The number of fused-ring (bicyclic) bond motifs is 4. The number of carboxylic acids is 2. The van der Waals surface area contributed by atoms with Crippen LogP contribution in [0.2, 0.25) is 0 Å². The predicted molar refractivity (Wildman–Crippen MR) is 239 cm³/mol. The van der Waals surface area contributed by atoms with E-state index in [2.05, 4.69) is 31.4 Å². The second-order valence-electron chi connectivity index (χ2n) is 16.3. The van der Waals surface area contributed by atoms with Crippen LogP contribution < -0.4 is 10.6 Å². The maximum absolute atomic E-state index is 14.3. The number of aromatic carboxylic acids is 2. The highest BCUT2D eigenvalue weighted by Gasteiger charge is 2.28. The quantitative estimate of drug-likeness (QED) is 0.0912. The first-order chi connectivity index (χ1) is 28.1. The second-order valence-corrected chi connectivity index (χ2v) is 16.3. The standard InChI is InChI=1S/C51H50N2O6/c1-8-50(6,9-2)34-17-19-35(20-18-34)52-46(54)40-27-38-33(26-42(40)48(56)57)24-31-22-29(5)16-21-37(31)45(38)44-36-15-13-12-14-30(36)23-32-25-43(49(58)59)41(28-39(32)44)47(55)53-51(7,10-3)11-4/h12-28H,8-11H2,1-7H3,(H,52,54)(H,53,55)(H,56,57)(H,58,59). The second kappa shape index (κ2) is 15.7. The van der Waals surface area contributed by atoms with Gasteiger partial charge in [-0.15, -0.1) is 0 Å². The number of anilines is 1. The Morgan fingerprint density at radius 3 is 1.58 bits per heavy atom. The molecule has 0 saturated heterocycles. The highest BCUT2D eigenvalue weighted by molar-refractivity contribution is 6.26. The van der Waals surface area contributed by atoms with Crippen molar-refractivity contribution in [2.75, 3.05) is 5.32 Å². The van der Waals surface area contributed by atoms with Gasteiger partial charge in [0.25, 0.3) is 11.8 Å². The summed E-state index contributed by atoms with van der Waals surface area (Å²) in [6.07, 6.45) is 3.23. The van der Waals surface area contributed by atoms with Crippen molar-refractivity contribution in [1.82, 2.24) is 5.32 Å². The molecule has 8 nitrogen and oxygen atoms in total. The molecular weight excluding hydrogens is 737 g/mol. The van der Waals surface area contributed by atoms with Crippen molar-refractivity contribution in [3.05, 3.63) is 137 Å². The predicted octanol–water partition coefficient (Wildman–Crippen LogP) is 12.3. The third kappa shape index (κ3) is 7.40. The van der Waals surface area contributed by atoms with Crippen molar-refractivity contribution in [3.63, 3.8) is 0 Å². The minimum atomic E-state index is -1.24. The lowest BCUT2D eigenvalue weighted by Gasteiger charge is -2.28. The van der Waals surface area contributed by atoms with E-state index in [1.807, 2.05) is 107 Å². The largest absolute Gasteiger partial charge is 0.478 e. The Hall–Kier alpha value is -6.54. The molecule has 0 saturated carbocycles. The van der Waals surface area contributed by atoms with Gasteiger partial charge in [0.2, 0.25) is 0 Å².